The maximum Gasteiger partial charge on any atom is 0.163 e. The summed E-state index contributed by atoms with van der Waals surface area (Å²) >= 11 is 0. The molecule has 0 radical (unpaired) electrons. The van der Waals surface area contributed by atoms with Crippen molar-refractivity contribution in [3.63, 3.8) is 0 Å². The first-order valence-corrected chi connectivity index (χ1v) is 6.26. The number of ether oxygens (including phenoxy) is 1. The Morgan fingerprint density at radius 3 is 2.94 bits per heavy atom. The van der Waals surface area contributed by atoms with Crippen LogP contribution in [-0.4, -0.2) is 5.78 Å². The summed E-state index contributed by atoms with van der Waals surface area (Å²) in [5.41, 5.74) is 2.17. The van der Waals surface area contributed by atoms with Gasteiger partial charge in [0.25, 0.3) is 0 Å². The van der Waals surface area contributed by atoms with Crippen LogP contribution in [0, 0.1) is 0 Å². The fourth-order valence-corrected chi connectivity index (χ4v) is 2.97. The number of carbonyl (C=O) groups excluding carboxylic acids is 1. The van der Waals surface area contributed by atoms with E-state index in [9.17, 15) is 4.79 Å². The van der Waals surface area contributed by atoms with Crippen molar-refractivity contribution in [3.05, 3.63) is 47.7 Å². The number of fused-ring (bicyclic) bond motifs is 2. The lowest BCUT2D eigenvalue weighted by Gasteiger charge is -2.35. The molecule has 2 heteroatoms. The number of aryl methyl sites for hydroxylation is 1. The number of hydrogen-bond donors (Lipinski definition) is 0. The highest BCUT2D eigenvalue weighted by atomic mass is 16.5. The van der Waals surface area contributed by atoms with Gasteiger partial charge in [-0.15, -0.1) is 0 Å². The minimum atomic E-state index is -0.390. The van der Waals surface area contributed by atoms with Crippen LogP contribution in [0.1, 0.15) is 36.8 Å². The third-order valence-corrected chi connectivity index (χ3v) is 3.79. The van der Waals surface area contributed by atoms with Gasteiger partial charge >= 0.3 is 0 Å². The van der Waals surface area contributed by atoms with E-state index in [4.69, 9.17) is 4.74 Å². The van der Waals surface area contributed by atoms with Crippen molar-refractivity contribution >= 4 is 5.78 Å². The van der Waals surface area contributed by atoms with Crippen LogP contribution in [0.15, 0.2) is 36.6 Å². The Morgan fingerprint density at radius 1 is 1.18 bits per heavy atom. The van der Waals surface area contributed by atoms with Crippen molar-refractivity contribution in [2.45, 2.75) is 37.7 Å². The molecule has 1 atom stereocenters. The molecule has 1 spiro atoms. The Balaban J connectivity index is 2.10. The van der Waals surface area contributed by atoms with Crippen molar-refractivity contribution in [2.24, 2.45) is 0 Å². The molecule has 1 heterocycles. The fourth-order valence-electron chi connectivity index (χ4n) is 2.97. The lowest BCUT2D eigenvalue weighted by Crippen LogP contribution is -2.33. The van der Waals surface area contributed by atoms with E-state index in [0.717, 1.165) is 19.3 Å². The Hall–Kier alpha value is -1.57. The predicted octanol–water partition coefficient (Wildman–Crippen LogP) is 3.11. The van der Waals surface area contributed by atoms with Crippen LogP contribution in [0.25, 0.3) is 0 Å². The first kappa shape index (κ1) is 10.6. The lowest BCUT2D eigenvalue weighted by molar-refractivity contribution is -0.123. The van der Waals surface area contributed by atoms with E-state index < -0.39 is 0 Å². The first-order valence-electron chi connectivity index (χ1n) is 6.26. The van der Waals surface area contributed by atoms with Crippen LogP contribution in [-0.2, 0) is 21.6 Å². The molecule has 2 aliphatic rings. The normalized spacial score (nSPS) is 27.4. The summed E-state index contributed by atoms with van der Waals surface area (Å²) in [5.74, 6) is 0.174. The molecule has 3 rings (SSSR count). The van der Waals surface area contributed by atoms with Gasteiger partial charge in [0.15, 0.2) is 5.78 Å². The molecule has 1 unspecified atom stereocenters. The van der Waals surface area contributed by atoms with E-state index in [1.165, 1.54) is 17.5 Å². The van der Waals surface area contributed by atoms with Gasteiger partial charge in [0.05, 0.1) is 12.7 Å². The molecule has 0 aromatic heterocycles. The number of ketones is 1. The van der Waals surface area contributed by atoms with E-state index in [-0.39, 0.29) is 11.4 Å². The Kier molecular flexibility index (Phi) is 2.50. The highest BCUT2D eigenvalue weighted by Crippen LogP contribution is 2.41. The average molecular weight is 228 g/mol. The minimum Gasteiger partial charge on any atom is -0.490 e. The second-order valence-electron chi connectivity index (χ2n) is 4.92. The number of carbonyl (C=O) groups is 1. The van der Waals surface area contributed by atoms with Gasteiger partial charge < -0.3 is 4.74 Å². The van der Waals surface area contributed by atoms with Crippen LogP contribution in [0.5, 0.6) is 0 Å². The molecule has 1 aliphatic carbocycles. The quantitative estimate of drug-likeness (QED) is 0.682. The third kappa shape index (κ3) is 1.78. The van der Waals surface area contributed by atoms with Gasteiger partial charge in [0.1, 0.15) is 5.60 Å². The number of allylic oxidation sites excluding steroid dienone is 1. The zero-order valence-corrected chi connectivity index (χ0v) is 9.82. The molecule has 0 fully saturated rings. The van der Waals surface area contributed by atoms with Crippen molar-refractivity contribution in [2.75, 3.05) is 0 Å². The van der Waals surface area contributed by atoms with E-state index in [0.29, 0.717) is 6.42 Å². The number of rotatable bonds is 0. The van der Waals surface area contributed by atoms with Gasteiger partial charge in [-0.3, -0.25) is 4.79 Å². The summed E-state index contributed by atoms with van der Waals surface area (Å²) in [6, 6.07) is 8.39. The van der Waals surface area contributed by atoms with Crippen LogP contribution in [0.4, 0.5) is 0 Å². The number of benzene rings is 1. The second-order valence-corrected chi connectivity index (χ2v) is 4.92. The van der Waals surface area contributed by atoms with Crippen molar-refractivity contribution in [1.29, 1.82) is 0 Å². The zero-order chi connectivity index (χ0) is 11.7. The molecule has 0 bridgehead atoms. The molecule has 1 aromatic carbocycles. The molecule has 2 nitrogen and oxygen atoms in total. The summed E-state index contributed by atoms with van der Waals surface area (Å²) in [7, 11) is 0. The van der Waals surface area contributed by atoms with Gasteiger partial charge in [0.2, 0.25) is 0 Å². The molecule has 1 aromatic rings. The molecule has 88 valence electrons. The lowest BCUT2D eigenvalue weighted by atomic mass is 9.82. The molecular weight excluding hydrogens is 212 g/mol. The topological polar surface area (TPSA) is 26.3 Å². The molecule has 0 amide bonds. The highest BCUT2D eigenvalue weighted by Gasteiger charge is 2.39. The molecule has 0 N–H and O–H groups in total. The SMILES string of the molecule is O=C1C=COC2(CCCCc3ccccc32)C1. The van der Waals surface area contributed by atoms with E-state index in [2.05, 4.69) is 18.2 Å². The van der Waals surface area contributed by atoms with Crippen molar-refractivity contribution < 1.29 is 9.53 Å². The van der Waals surface area contributed by atoms with E-state index in [1.54, 1.807) is 12.3 Å². The maximum absolute atomic E-state index is 11.7. The van der Waals surface area contributed by atoms with Crippen LogP contribution >= 0.6 is 0 Å². The fraction of sp³-hybridized carbons (Fsp3) is 0.400. The van der Waals surface area contributed by atoms with Crippen LogP contribution in [0.2, 0.25) is 0 Å². The summed E-state index contributed by atoms with van der Waals surface area (Å²) in [4.78, 5) is 11.7. The van der Waals surface area contributed by atoms with Gasteiger partial charge in [-0.05, 0) is 36.8 Å². The van der Waals surface area contributed by atoms with Crippen LogP contribution < -0.4 is 0 Å². The standard InChI is InChI=1S/C15H16O2/c16-13-8-10-17-15(11-13)9-4-3-6-12-5-1-2-7-14(12)15/h1-2,5,7-8,10H,3-4,6,9,11H2. The second kappa shape index (κ2) is 4.02. The molecule has 1 aliphatic heterocycles. The van der Waals surface area contributed by atoms with Gasteiger partial charge in [-0.1, -0.05) is 24.3 Å². The maximum atomic E-state index is 11.7. The Bertz CT molecular complexity index is 476. The predicted molar refractivity (Wildman–Crippen MR) is 65.5 cm³/mol. The minimum absolute atomic E-state index is 0.174. The summed E-state index contributed by atoms with van der Waals surface area (Å²) in [6.45, 7) is 0. The monoisotopic (exact) mass is 228 g/mol. The summed E-state index contributed by atoms with van der Waals surface area (Å²) in [6.07, 6.45) is 7.95. The Labute approximate surface area is 101 Å². The number of hydrogen-bond acceptors (Lipinski definition) is 2. The molecule has 0 saturated heterocycles. The molecule has 17 heavy (non-hydrogen) atoms. The van der Waals surface area contributed by atoms with Crippen LogP contribution in [0.3, 0.4) is 0 Å². The third-order valence-electron chi connectivity index (χ3n) is 3.79. The molecule has 0 saturated carbocycles. The highest BCUT2D eigenvalue weighted by molar-refractivity contribution is 5.91. The van der Waals surface area contributed by atoms with Gasteiger partial charge in [-0.2, -0.15) is 0 Å². The van der Waals surface area contributed by atoms with Crippen molar-refractivity contribution in [1.82, 2.24) is 0 Å². The Morgan fingerprint density at radius 2 is 2.06 bits per heavy atom. The van der Waals surface area contributed by atoms with Crippen molar-refractivity contribution in [3.8, 4) is 0 Å². The molecular formula is C15H16O2. The van der Waals surface area contributed by atoms with Gasteiger partial charge in [0, 0.05) is 6.08 Å². The zero-order valence-electron chi connectivity index (χ0n) is 9.82. The largest absolute Gasteiger partial charge is 0.490 e. The average Bonchev–Trinajstić information content (AvgIpc) is 2.51. The first-order chi connectivity index (χ1) is 8.30. The summed E-state index contributed by atoms with van der Waals surface area (Å²) in [5, 5.41) is 0. The van der Waals surface area contributed by atoms with E-state index >= 15 is 0 Å². The summed E-state index contributed by atoms with van der Waals surface area (Å²) < 4.78 is 5.88. The van der Waals surface area contributed by atoms with E-state index in [1.807, 2.05) is 6.07 Å². The smallest absolute Gasteiger partial charge is 0.163 e. The van der Waals surface area contributed by atoms with Gasteiger partial charge in [-0.25, -0.2) is 0 Å².